The number of rotatable bonds is 8. The first-order valence-corrected chi connectivity index (χ1v) is 14.2. The second kappa shape index (κ2) is 11.7. The van der Waals surface area contributed by atoms with Gasteiger partial charge in [0, 0.05) is 34.5 Å². The Labute approximate surface area is 225 Å². The van der Waals surface area contributed by atoms with Crippen LogP contribution in [0, 0.1) is 5.92 Å². The first kappa shape index (κ1) is 28.8. The Morgan fingerprint density at radius 2 is 2.09 bits per heavy atom. The number of hydrogen-bond acceptors (Lipinski definition) is 6. The molecule has 0 aromatic heterocycles. The second-order valence-electron chi connectivity index (χ2n) is 10.4. The number of piperidine rings is 1. The predicted molar refractivity (Wildman–Crippen MR) is 143 cm³/mol. The van der Waals surface area contributed by atoms with Crippen LogP contribution in [0.15, 0.2) is 29.3 Å². The average molecular weight is 592 g/mol. The summed E-state index contributed by atoms with van der Waals surface area (Å²) in [5.74, 6) is -0.0147. The van der Waals surface area contributed by atoms with Gasteiger partial charge < -0.3 is 23.7 Å². The van der Waals surface area contributed by atoms with Crippen LogP contribution >= 0.6 is 27.5 Å². The first-order chi connectivity index (χ1) is 16.3. The molecule has 1 aromatic carbocycles. The normalized spacial score (nSPS) is 22.6. The molecule has 10 heteroatoms. The smallest absolute Gasteiger partial charge is 0.254 e. The van der Waals surface area contributed by atoms with Crippen LogP contribution in [0.5, 0.6) is 5.75 Å². The van der Waals surface area contributed by atoms with E-state index in [4.69, 9.17) is 25.8 Å². The molecule has 2 aliphatic rings. The van der Waals surface area contributed by atoms with Crippen LogP contribution in [0.2, 0.25) is 5.02 Å². The van der Waals surface area contributed by atoms with E-state index in [1.54, 1.807) is 6.08 Å². The summed E-state index contributed by atoms with van der Waals surface area (Å²) in [7, 11) is 0. The van der Waals surface area contributed by atoms with Crippen LogP contribution in [0.3, 0.4) is 0 Å². The fourth-order valence-corrected chi connectivity index (χ4v) is 5.63. The predicted octanol–water partition coefficient (Wildman–Crippen LogP) is 5.15. The van der Waals surface area contributed by atoms with Crippen molar-refractivity contribution in [1.29, 1.82) is 0 Å². The van der Waals surface area contributed by atoms with Crippen molar-refractivity contribution >= 4 is 44.8 Å². The fraction of sp³-hybridized carbons (Fsp3) is 0.640. The van der Waals surface area contributed by atoms with E-state index in [0.29, 0.717) is 30.5 Å². The minimum Gasteiger partial charge on any atom is -0.598 e. The molecule has 0 bridgehead atoms. The van der Waals surface area contributed by atoms with Gasteiger partial charge in [0.15, 0.2) is 11.9 Å². The SMILES string of the molecule is C=CCOc1cc(Br)c(Cl)cc1C(N[S@@+]([O-])C(C)(C)C)C1CCN(C(=O)[C@H]2COC(C)(C)O2)CC1. The van der Waals surface area contributed by atoms with Crippen molar-refractivity contribution in [2.75, 3.05) is 26.3 Å². The lowest BCUT2D eigenvalue weighted by Gasteiger charge is -2.38. The third-order valence-electron chi connectivity index (χ3n) is 6.14. The van der Waals surface area contributed by atoms with E-state index in [9.17, 15) is 9.35 Å². The van der Waals surface area contributed by atoms with Crippen LogP contribution in [-0.2, 0) is 25.6 Å². The maximum Gasteiger partial charge on any atom is 0.254 e. The Bertz CT molecular complexity index is 918. The highest BCUT2D eigenvalue weighted by Crippen LogP contribution is 2.41. The third-order valence-corrected chi connectivity index (χ3v) is 8.92. The highest BCUT2D eigenvalue weighted by Gasteiger charge is 2.41. The fourth-order valence-electron chi connectivity index (χ4n) is 4.23. The average Bonchev–Trinajstić information content (AvgIpc) is 3.16. The lowest BCUT2D eigenvalue weighted by molar-refractivity contribution is -0.161. The monoisotopic (exact) mass is 590 g/mol. The molecule has 2 fully saturated rings. The molecule has 0 radical (unpaired) electrons. The van der Waals surface area contributed by atoms with E-state index in [2.05, 4.69) is 27.2 Å². The van der Waals surface area contributed by atoms with Crippen LogP contribution in [-0.4, -0.2) is 58.3 Å². The summed E-state index contributed by atoms with van der Waals surface area (Å²) in [6, 6.07) is 3.43. The van der Waals surface area contributed by atoms with Crippen LogP contribution in [0.4, 0.5) is 0 Å². The molecular weight excluding hydrogens is 556 g/mol. The first-order valence-electron chi connectivity index (χ1n) is 11.8. The summed E-state index contributed by atoms with van der Waals surface area (Å²) in [5.41, 5.74) is 0.844. The van der Waals surface area contributed by atoms with Gasteiger partial charge >= 0.3 is 0 Å². The topological polar surface area (TPSA) is 83.1 Å². The third kappa shape index (κ3) is 7.37. The Morgan fingerprint density at radius 3 is 2.63 bits per heavy atom. The maximum absolute atomic E-state index is 13.2. The summed E-state index contributed by atoms with van der Waals surface area (Å²) in [6.45, 7) is 14.9. The second-order valence-corrected chi connectivity index (χ2v) is 13.6. The Balaban J connectivity index is 1.82. The lowest BCUT2D eigenvalue weighted by Crippen LogP contribution is -2.48. The molecule has 35 heavy (non-hydrogen) atoms. The van der Waals surface area contributed by atoms with E-state index in [1.165, 1.54) is 0 Å². The quantitative estimate of drug-likeness (QED) is 0.333. The molecule has 0 spiro atoms. The van der Waals surface area contributed by atoms with Gasteiger partial charge in [-0.05, 0) is 81.4 Å². The number of halogens is 2. The zero-order valence-electron chi connectivity index (χ0n) is 21.1. The number of carbonyl (C=O) groups excluding carboxylic acids is 1. The van der Waals surface area contributed by atoms with Crippen molar-refractivity contribution in [1.82, 2.24) is 9.62 Å². The van der Waals surface area contributed by atoms with Gasteiger partial charge in [-0.2, -0.15) is 0 Å². The summed E-state index contributed by atoms with van der Waals surface area (Å²) >= 11 is 8.64. The summed E-state index contributed by atoms with van der Waals surface area (Å²) in [4.78, 5) is 14.8. The van der Waals surface area contributed by atoms with E-state index >= 15 is 0 Å². The molecule has 1 unspecified atom stereocenters. The van der Waals surface area contributed by atoms with Crippen molar-refractivity contribution in [3.63, 3.8) is 0 Å². The largest absolute Gasteiger partial charge is 0.598 e. The molecule has 1 aromatic rings. The van der Waals surface area contributed by atoms with Crippen molar-refractivity contribution in [2.45, 2.75) is 70.1 Å². The van der Waals surface area contributed by atoms with Crippen LogP contribution < -0.4 is 9.46 Å². The summed E-state index contributed by atoms with van der Waals surface area (Å²) in [5, 5.41) is 0.549. The van der Waals surface area contributed by atoms with E-state index in [0.717, 1.165) is 22.9 Å². The van der Waals surface area contributed by atoms with Gasteiger partial charge in [0.25, 0.3) is 5.91 Å². The molecule has 1 N–H and O–H groups in total. The number of likely N-dealkylation sites (tertiary alicyclic amines) is 1. The van der Waals surface area contributed by atoms with Gasteiger partial charge in [0.05, 0.1) is 17.7 Å². The summed E-state index contributed by atoms with van der Waals surface area (Å²) in [6.07, 6.45) is 2.57. The zero-order chi connectivity index (χ0) is 26.0. The number of nitrogens with one attached hydrogen (secondary N) is 1. The highest BCUT2D eigenvalue weighted by atomic mass is 79.9. The van der Waals surface area contributed by atoms with Crippen molar-refractivity contribution in [2.24, 2.45) is 5.92 Å². The number of carbonyl (C=O) groups is 1. The van der Waals surface area contributed by atoms with Crippen molar-refractivity contribution in [3.05, 3.63) is 39.8 Å². The molecule has 3 atom stereocenters. The minimum absolute atomic E-state index is 0.0431. The lowest BCUT2D eigenvalue weighted by atomic mass is 9.85. The Kier molecular flexibility index (Phi) is 9.62. The van der Waals surface area contributed by atoms with Crippen LogP contribution in [0.1, 0.15) is 59.1 Å². The number of benzene rings is 1. The molecule has 3 rings (SSSR count). The molecule has 7 nitrogen and oxygen atoms in total. The molecular formula is C25H36BrClN2O5S. The standard InChI is InChI=1S/C25H36BrClN2O5S/c1-7-12-32-20-14-18(26)19(27)13-17(20)22(28-35(31)24(2,3)4)16-8-10-29(11-9-16)23(30)21-15-33-25(5,6)34-21/h7,13-14,16,21-22,28H,1,8-12,15H2,2-6H3/t21-,22?,35+/m1/s1. The molecule has 2 saturated heterocycles. The van der Waals surface area contributed by atoms with Gasteiger partial charge in [-0.1, -0.05) is 24.3 Å². The Hall–Kier alpha value is -0.810. The van der Waals surface area contributed by atoms with E-state index in [1.807, 2.05) is 51.7 Å². The van der Waals surface area contributed by atoms with Gasteiger partial charge in [0.1, 0.15) is 17.1 Å². The molecule has 2 heterocycles. The van der Waals surface area contributed by atoms with Gasteiger partial charge in [0.2, 0.25) is 0 Å². The van der Waals surface area contributed by atoms with Gasteiger partial charge in [-0.25, -0.2) is 0 Å². The minimum atomic E-state index is -1.32. The number of ether oxygens (including phenoxy) is 3. The zero-order valence-corrected chi connectivity index (χ0v) is 24.2. The maximum atomic E-state index is 13.2. The molecule has 0 aliphatic carbocycles. The molecule has 2 aliphatic heterocycles. The molecule has 0 saturated carbocycles. The summed E-state index contributed by atoms with van der Waals surface area (Å²) < 4.78 is 34.1. The van der Waals surface area contributed by atoms with Gasteiger partial charge in [-0.3, -0.25) is 4.79 Å². The van der Waals surface area contributed by atoms with Crippen LogP contribution in [0.25, 0.3) is 0 Å². The van der Waals surface area contributed by atoms with Crippen molar-refractivity contribution in [3.8, 4) is 5.75 Å². The Morgan fingerprint density at radius 1 is 1.43 bits per heavy atom. The number of nitrogens with zero attached hydrogens (tertiary/aromatic N) is 1. The van der Waals surface area contributed by atoms with E-state index in [-0.39, 0.29) is 24.5 Å². The number of hydrogen-bond donors (Lipinski definition) is 1. The van der Waals surface area contributed by atoms with E-state index < -0.39 is 28.0 Å². The van der Waals surface area contributed by atoms with Crippen molar-refractivity contribution < 1.29 is 23.6 Å². The highest BCUT2D eigenvalue weighted by molar-refractivity contribution is 9.10. The molecule has 196 valence electrons. The molecule has 1 amide bonds. The number of amides is 1. The van der Waals surface area contributed by atoms with Gasteiger partial charge in [-0.15, -0.1) is 4.72 Å².